The number of aliphatic hydroxyl groups excluding tert-OH is 1. The average Bonchev–Trinajstić information content (AvgIpc) is 2.39. The summed E-state index contributed by atoms with van der Waals surface area (Å²) < 4.78 is 27.4. The molecule has 2 aromatic carbocycles. The summed E-state index contributed by atoms with van der Waals surface area (Å²) in [7, 11) is 0. The summed E-state index contributed by atoms with van der Waals surface area (Å²) in [5, 5.41) is 9.85. The van der Waals surface area contributed by atoms with Gasteiger partial charge in [0.05, 0.1) is 10.0 Å². The van der Waals surface area contributed by atoms with Crippen molar-refractivity contribution in [2.24, 2.45) is 0 Å². The van der Waals surface area contributed by atoms with Gasteiger partial charge in [-0.3, -0.25) is 0 Å². The second-order valence-electron chi connectivity index (χ2n) is 3.84. The number of aliphatic hydroxyl groups is 1. The van der Waals surface area contributed by atoms with E-state index in [4.69, 9.17) is 23.2 Å². The molecule has 100 valence electrons. The van der Waals surface area contributed by atoms with Crippen molar-refractivity contribution < 1.29 is 13.9 Å². The summed E-state index contributed by atoms with van der Waals surface area (Å²) in [5.74, 6) is -1.34. The lowest BCUT2D eigenvalue weighted by atomic mass is 10.0. The zero-order chi connectivity index (χ0) is 14.2. The first kappa shape index (κ1) is 14.7. The molecule has 1 N–H and O–H groups in total. The molecule has 0 fully saturated rings. The predicted molar refractivity (Wildman–Crippen MR) is 74.6 cm³/mol. The molecule has 0 saturated heterocycles. The highest BCUT2D eigenvalue weighted by Crippen LogP contribution is 2.33. The molecule has 0 aliphatic rings. The summed E-state index contributed by atoms with van der Waals surface area (Å²) in [4.78, 5) is 0. The molecule has 2 aromatic rings. The van der Waals surface area contributed by atoms with Crippen LogP contribution in [0.15, 0.2) is 34.8 Å². The fourth-order valence-electron chi connectivity index (χ4n) is 1.61. The molecule has 0 amide bonds. The Morgan fingerprint density at radius 1 is 1.11 bits per heavy atom. The highest BCUT2D eigenvalue weighted by Gasteiger charge is 2.19. The standard InChI is InChI=1S/C13H7BrCl2F2O/c14-8-3-2-7(12(18)11(8)16)13(19)6-1-4-10(17)9(15)5-6/h1-5,13,19H. The molecule has 0 aromatic heterocycles. The van der Waals surface area contributed by atoms with Gasteiger partial charge in [0.1, 0.15) is 17.7 Å². The van der Waals surface area contributed by atoms with Crippen molar-refractivity contribution in [3.8, 4) is 0 Å². The lowest BCUT2D eigenvalue weighted by molar-refractivity contribution is 0.215. The molecule has 2 rings (SSSR count). The van der Waals surface area contributed by atoms with E-state index in [-0.39, 0.29) is 21.2 Å². The molecule has 0 heterocycles. The Bertz CT molecular complexity index is 634. The molecule has 6 heteroatoms. The van der Waals surface area contributed by atoms with Gasteiger partial charge >= 0.3 is 0 Å². The molecule has 0 saturated carbocycles. The maximum absolute atomic E-state index is 13.9. The van der Waals surface area contributed by atoms with Gasteiger partial charge in [-0.1, -0.05) is 35.3 Å². The van der Waals surface area contributed by atoms with Crippen LogP contribution in [0.25, 0.3) is 0 Å². The third-order valence-electron chi connectivity index (χ3n) is 2.62. The lowest BCUT2D eigenvalue weighted by Gasteiger charge is -2.14. The van der Waals surface area contributed by atoms with Crippen LogP contribution in [0.5, 0.6) is 0 Å². The number of hydrogen-bond donors (Lipinski definition) is 1. The Morgan fingerprint density at radius 2 is 1.79 bits per heavy atom. The Hall–Kier alpha value is -0.680. The molecule has 1 nitrogen and oxygen atoms in total. The highest BCUT2D eigenvalue weighted by molar-refractivity contribution is 9.10. The molecule has 0 bridgehead atoms. The van der Waals surface area contributed by atoms with Crippen molar-refractivity contribution in [1.29, 1.82) is 0 Å². The first-order chi connectivity index (χ1) is 8.91. The van der Waals surface area contributed by atoms with Crippen molar-refractivity contribution in [2.45, 2.75) is 6.10 Å². The van der Waals surface area contributed by atoms with Crippen molar-refractivity contribution >= 4 is 39.1 Å². The van der Waals surface area contributed by atoms with E-state index in [1.165, 1.54) is 24.3 Å². The minimum absolute atomic E-state index is 0.00382. The fraction of sp³-hybridized carbons (Fsp3) is 0.0769. The van der Waals surface area contributed by atoms with E-state index in [2.05, 4.69) is 15.9 Å². The largest absolute Gasteiger partial charge is 0.384 e. The van der Waals surface area contributed by atoms with Crippen LogP contribution in [0.3, 0.4) is 0 Å². The zero-order valence-corrected chi connectivity index (χ0v) is 12.4. The maximum Gasteiger partial charge on any atom is 0.149 e. The second kappa shape index (κ2) is 5.75. The molecule has 1 unspecified atom stereocenters. The van der Waals surface area contributed by atoms with Gasteiger partial charge < -0.3 is 5.11 Å². The van der Waals surface area contributed by atoms with Gasteiger partial charge in [0.25, 0.3) is 0 Å². The first-order valence-electron chi connectivity index (χ1n) is 5.18. The van der Waals surface area contributed by atoms with Crippen molar-refractivity contribution in [2.75, 3.05) is 0 Å². The molecule has 0 aliphatic heterocycles. The van der Waals surface area contributed by atoms with E-state index < -0.39 is 17.7 Å². The van der Waals surface area contributed by atoms with Gasteiger partial charge in [-0.15, -0.1) is 0 Å². The summed E-state index contributed by atoms with van der Waals surface area (Å²) in [6.45, 7) is 0. The van der Waals surface area contributed by atoms with Gasteiger partial charge in [0, 0.05) is 10.0 Å². The maximum atomic E-state index is 13.9. The molecule has 0 radical (unpaired) electrons. The Kier molecular flexibility index (Phi) is 4.46. The van der Waals surface area contributed by atoms with Crippen LogP contribution in [-0.2, 0) is 0 Å². The van der Waals surface area contributed by atoms with Crippen molar-refractivity contribution in [3.05, 3.63) is 67.6 Å². The summed E-state index contributed by atoms with van der Waals surface area (Å²) in [6, 6.07) is 6.61. The van der Waals surface area contributed by atoms with Crippen LogP contribution in [0.1, 0.15) is 17.2 Å². The SMILES string of the molecule is OC(c1ccc(F)c(Cl)c1)c1ccc(Br)c(Cl)c1F. The van der Waals surface area contributed by atoms with E-state index in [1.54, 1.807) is 0 Å². The average molecular weight is 368 g/mol. The Morgan fingerprint density at radius 3 is 2.42 bits per heavy atom. The van der Waals surface area contributed by atoms with Gasteiger partial charge in [-0.25, -0.2) is 8.78 Å². The van der Waals surface area contributed by atoms with Crippen LogP contribution in [0.2, 0.25) is 10.0 Å². The van der Waals surface area contributed by atoms with Gasteiger partial charge in [0.2, 0.25) is 0 Å². The summed E-state index contributed by atoms with van der Waals surface area (Å²) in [6.07, 6.45) is -1.27. The van der Waals surface area contributed by atoms with Gasteiger partial charge in [-0.2, -0.15) is 0 Å². The molecule has 0 aliphatic carbocycles. The first-order valence-corrected chi connectivity index (χ1v) is 6.73. The molecule has 19 heavy (non-hydrogen) atoms. The number of benzene rings is 2. The summed E-state index contributed by atoms with van der Waals surface area (Å²) >= 11 is 14.5. The third kappa shape index (κ3) is 2.92. The fourth-order valence-corrected chi connectivity index (χ4v) is 2.28. The van der Waals surface area contributed by atoms with Crippen LogP contribution in [0, 0.1) is 11.6 Å². The van der Waals surface area contributed by atoms with E-state index in [1.807, 2.05) is 0 Å². The van der Waals surface area contributed by atoms with E-state index in [9.17, 15) is 13.9 Å². The minimum Gasteiger partial charge on any atom is -0.384 e. The van der Waals surface area contributed by atoms with Crippen molar-refractivity contribution in [1.82, 2.24) is 0 Å². The molecular weight excluding hydrogens is 361 g/mol. The third-order valence-corrected chi connectivity index (χ3v) is 4.17. The van der Waals surface area contributed by atoms with Crippen LogP contribution < -0.4 is 0 Å². The van der Waals surface area contributed by atoms with E-state index in [0.717, 1.165) is 6.07 Å². The van der Waals surface area contributed by atoms with Gasteiger partial charge in [-0.05, 0) is 39.7 Å². The smallest absolute Gasteiger partial charge is 0.149 e. The predicted octanol–water partition coefficient (Wildman–Crippen LogP) is 5.12. The quantitative estimate of drug-likeness (QED) is 0.730. The van der Waals surface area contributed by atoms with Crippen LogP contribution >= 0.6 is 39.1 Å². The number of rotatable bonds is 2. The van der Waals surface area contributed by atoms with E-state index in [0.29, 0.717) is 4.47 Å². The normalized spacial score (nSPS) is 12.5. The van der Waals surface area contributed by atoms with E-state index >= 15 is 0 Å². The lowest BCUT2D eigenvalue weighted by Crippen LogP contribution is -2.03. The topological polar surface area (TPSA) is 20.2 Å². The second-order valence-corrected chi connectivity index (χ2v) is 5.48. The van der Waals surface area contributed by atoms with Crippen LogP contribution in [-0.4, -0.2) is 5.11 Å². The number of hydrogen-bond acceptors (Lipinski definition) is 1. The molecule has 1 atom stereocenters. The number of halogens is 5. The Labute approximate surface area is 126 Å². The van der Waals surface area contributed by atoms with Gasteiger partial charge in [0.15, 0.2) is 0 Å². The highest BCUT2D eigenvalue weighted by atomic mass is 79.9. The minimum atomic E-state index is -1.27. The summed E-state index contributed by atoms with van der Waals surface area (Å²) in [5.41, 5.74) is 0.277. The molecular formula is C13H7BrCl2F2O. The Balaban J connectivity index is 2.47. The van der Waals surface area contributed by atoms with Crippen LogP contribution in [0.4, 0.5) is 8.78 Å². The zero-order valence-electron chi connectivity index (χ0n) is 9.30. The van der Waals surface area contributed by atoms with Crippen molar-refractivity contribution in [3.63, 3.8) is 0 Å². The molecule has 0 spiro atoms. The monoisotopic (exact) mass is 366 g/mol.